The molecule has 3 nitrogen and oxygen atoms in total. The Bertz CT molecular complexity index is 647. The van der Waals surface area contributed by atoms with Crippen molar-refractivity contribution in [1.82, 2.24) is 0 Å². The van der Waals surface area contributed by atoms with Gasteiger partial charge in [0.1, 0.15) is 23.2 Å². The number of ether oxygens (including phenoxy) is 1. The van der Waals surface area contributed by atoms with Gasteiger partial charge in [-0.05, 0) is 24.3 Å². The monoisotopic (exact) mass is 298 g/mol. The molecule has 0 bridgehead atoms. The van der Waals surface area contributed by atoms with Crippen LogP contribution in [0, 0.1) is 11.2 Å². The fourth-order valence-electron chi connectivity index (χ4n) is 1.45. The Kier molecular flexibility index (Phi) is 3.93. The van der Waals surface area contributed by atoms with Crippen molar-refractivity contribution in [2.24, 2.45) is 5.73 Å². The Balaban J connectivity index is 2.26. The van der Waals surface area contributed by atoms with Gasteiger partial charge in [0, 0.05) is 17.7 Å². The summed E-state index contributed by atoms with van der Waals surface area (Å²) in [4.78, 5) is 0. The number of nitrogen functional groups attached to an aromatic ring is 1. The first-order chi connectivity index (χ1) is 8.97. The van der Waals surface area contributed by atoms with Gasteiger partial charge in [0.15, 0.2) is 0 Å². The fraction of sp³-hybridized carbons (Fsp3) is 0. The number of hydrogen-bond donors (Lipinski definition) is 2. The number of nitrogens with two attached hydrogens (primary N) is 1. The second-order valence-electron chi connectivity index (χ2n) is 3.73. The highest BCUT2D eigenvalue weighted by molar-refractivity contribution is 6.34. The zero-order valence-electron chi connectivity index (χ0n) is 9.58. The molecule has 0 unspecified atom stereocenters. The number of rotatable bonds is 3. The maximum absolute atomic E-state index is 13.0. The summed E-state index contributed by atoms with van der Waals surface area (Å²) in [6.45, 7) is 0. The lowest BCUT2D eigenvalue weighted by atomic mass is 10.2. The van der Waals surface area contributed by atoms with Crippen molar-refractivity contribution >= 4 is 29.0 Å². The Hall–Kier alpha value is -1.78. The lowest BCUT2D eigenvalue weighted by Gasteiger charge is -2.08. The van der Waals surface area contributed by atoms with Crippen LogP contribution < -0.4 is 10.5 Å². The third-order valence-corrected chi connectivity index (χ3v) is 2.96. The average molecular weight is 299 g/mol. The summed E-state index contributed by atoms with van der Waals surface area (Å²) in [7, 11) is 0. The first-order valence-corrected chi connectivity index (χ1v) is 6.00. The second-order valence-corrected chi connectivity index (χ2v) is 4.55. The predicted octanol–water partition coefficient (Wildman–Crippen LogP) is 4.21. The minimum Gasteiger partial charge on any atom is -0.457 e. The molecule has 0 saturated heterocycles. The van der Waals surface area contributed by atoms with Crippen molar-refractivity contribution < 1.29 is 9.13 Å². The lowest BCUT2D eigenvalue weighted by molar-refractivity contribution is 0.480. The molecule has 0 radical (unpaired) electrons. The highest BCUT2D eigenvalue weighted by Crippen LogP contribution is 2.29. The molecule has 0 aliphatic carbocycles. The topological polar surface area (TPSA) is 59.1 Å². The van der Waals surface area contributed by atoms with Crippen LogP contribution in [0.1, 0.15) is 5.56 Å². The first kappa shape index (κ1) is 13.6. The average Bonchev–Trinajstić information content (AvgIpc) is 2.33. The van der Waals surface area contributed by atoms with Crippen LogP contribution in [0.4, 0.5) is 4.39 Å². The minimum absolute atomic E-state index is 0.0241. The smallest absolute Gasteiger partial charge is 0.142 e. The highest BCUT2D eigenvalue weighted by atomic mass is 35.5. The van der Waals surface area contributed by atoms with E-state index in [1.165, 1.54) is 24.3 Å². The number of hydrogen-bond acceptors (Lipinski definition) is 2. The molecular formula is C13H9Cl2FN2O. The van der Waals surface area contributed by atoms with Gasteiger partial charge >= 0.3 is 0 Å². The molecule has 0 fully saturated rings. The van der Waals surface area contributed by atoms with Crippen molar-refractivity contribution in [3.63, 3.8) is 0 Å². The van der Waals surface area contributed by atoms with E-state index in [1.54, 1.807) is 12.1 Å². The molecule has 19 heavy (non-hydrogen) atoms. The molecular weight excluding hydrogens is 290 g/mol. The molecule has 0 saturated carbocycles. The largest absolute Gasteiger partial charge is 0.457 e. The van der Waals surface area contributed by atoms with Crippen molar-refractivity contribution in [2.75, 3.05) is 0 Å². The van der Waals surface area contributed by atoms with Crippen molar-refractivity contribution in [1.29, 1.82) is 5.41 Å². The Morgan fingerprint density at radius 1 is 1.05 bits per heavy atom. The number of amidine groups is 1. The Labute approximate surface area is 119 Å². The highest BCUT2D eigenvalue weighted by Gasteiger charge is 2.07. The summed E-state index contributed by atoms with van der Waals surface area (Å²) < 4.78 is 18.5. The van der Waals surface area contributed by atoms with Gasteiger partial charge in [-0.1, -0.05) is 23.2 Å². The van der Waals surface area contributed by atoms with Crippen LogP contribution in [0.2, 0.25) is 10.0 Å². The fourth-order valence-corrected chi connectivity index (χ4v) is 1.90. The summed E-state index contributed by atoms with van der Waals surface area (Å²) in [5.74, 6) is 0.191. The summed E-state index contributed by atoms with van der Waals surface area (Å²) >= 11 is 11.6. The lowest BCUT2D eigenvalue weighted by Crippen LogP contribution is -2.11. The van der Waals surface area contributed by atoms with Crippen LogP contribution in [0.5, 0.6) is 11.5 Å². The number of benzene rings is 2. The molecule has 3 N–H and O–H groups in total. The van der Waals surface area contributed by atoms with E-state index in [9.17, 15) is 4.39 Å². The third kappa shape index (κ3) is 3.16. The molecule has 98 valence electrons. The van der Waals surface area contributed by atoms with Gasteiger partial charge in [-0.3, -0.25) is 5.41 Å². The molecule has 2 aromatic carbocycles. The molecule has 0 spiro atoms. The predicted molar refractivity (Wildman–Crippen MR) is 74.0 cm³/mol. The van der Waals surface area contributed by atoms with Crippen LogP contribution in [0.15, 0.2) is 36.4 Å². The molecule has 0 aliphatic heterocycles. The van der Waals surface area contributed by atoms with Crippen LogP contribution in [-0.4, -0.2) is 5.84 Å². The zero-order chi connectivity index (χ0) is 14.0. The van der Waals surface area contributed by atoms with Crippen molar-refractivity contribution in [2.45, 2.75) is 0 Å². The van der Waals surface area contributed by atoms with E-state index in [0.717, 1.165) is 0 Å². The van der Waals surface area contributed by atoms with Crippen molar-refractivity contribution in [3.8, 4) is 11.5 Å². The van der Waals surface area contributed by atoms with Crippen LogP contribution in [0.25, 0.3) is 0 Å². The molecule has 0 amide bonds. The van der Waals surface area contributed by atoms with Gasteiger partial charge in [0.2, 0.25) is 0 Å². The van der Waals surface area contributed by atoms with Gasteiger partial charge in [-0.15, -0.1) is 0 Å². The van der Waals surface area contributed by atoms with E-state index in [4.69, 9.17) is 39.1 Å². The van der Waals surface area contributed by atoms with Crippen molar-refractivity contribution in [3.05, 3.63) is 57.8 Å². The quantitative estimate of drug-likeness (QED) is 0.659. The number of nitrogens with one attached hydrogen (secondary N) is 1. The molecule has 2 aromatic rings. The van der Waals surface area contributed by atoms with E-state index in [0.29, 0.717) is 22.1 Å². The van der Waals surface area contributed by atoms with Gasteiger partial charge in [-0.2, -0.15) is 0 Å². The SMILES string of the molecule is N=C(N)c1ccc(Oc2ccc(F)c(Cl)c2)cc1Cl. The first-order valence-electron chi connectivity index (χ1n) is 5.24. The maximum Gasteiger partial charge on any atom is 0.142 e. The zero-order valence-corrected chi connectivity index (χ0v) is 11.1. The number of halogens is 3. The molecule has 0 aromatic heterocycles. The summed E-state index contributed by atoms with van der Waals surface area (Å²) in [6, 6.07) is 8.74. The van der Waals surface area contributed by atoms with E-state index in [1.807, 2.05) is 0 Å². The molecule has 0 heterocycles. The molecule has 0 aliphatic rings. The van der Waals surface area contributed by atoms with Gasteiger partial charge in [-0.25, -0.2) is 4.39 Å². The normalized spacial score (nSPS) is 10.3. The molecule has 0 atom stereocenters. The summed E-state index contributed by atoms with van der Waals surface area (Å²) in [6.07, 6.45) is 0. The Morgan fingerprint density at radius 3 is 2.16 bits per heavy atom. The van der Waals surface area contributed by atoms with Gasteiger partial charge in [0.05, 0.1) is 10.0 Å². The van der Waals surface area contributed by atoms with Crippen LogP contribution >= 0.6 is 23.2 Å². The molecule has 2 rings (SSSR count). The van der Waals surface area contributed by atoms with E-state index >= 15 is 0 Å². The van der Waals surface area contributed by atoms with E-state index < -0.39 is 5.82 Å². The van der Waals surface area contributed by atoms with E-state index in [2.05, 4.69) is 0 Å². The molecule has 6 heteroatoms. The summed E-state index contributed by atoms with van der Waals surface area (Å²) in [5, 5.41) is 7.59. The van der Waals surface area contributed by atoms with Gasteiger partial charge in [0.25, 0.3) is 0 Å². The van der Waals surface area contributed by atoms with Gasteiger partial charge < -0.3 is 10.5 Å². The maximum atomic E-state index is 13.0. The minimum atomic E-state index is -0.515. The van der Waals surface area contributed by atoms with Crippen LogP contribution in [-0.2, 0) is 0 Å². The van der Waals surface area contributed by atoms with Crippen LogP contribution in [0.3, 0.4) is 0 Å². The second kappa shape index (κ2) is 5.47. The Morgan fingerprint density at radius 2 is 1.63 bits per heavy atom. The third-order valence-electron chi connectivity index (χ3n) is 2.36. The standard InChI is InChI=1S/C13H9Cl2FN2O/c14-10-5-7(1-3-9(10)13(17)18)19-8-2-4-12(16)11(15)6-8/h1-6H,(H3,17,18). The van der Waals surface area contributed by atoms with E-state index in [-0.39, 0.29) is 10.9 Å². The summed E-state index contributed by atoms with van der Waals surface area (Å²) in [5.41, 5.74) is 5.78.